The molecule has 1 aliphatic heterocycles. The van der Waals surface area contributed by atoms with Crippen LogP contribution < -0.4 is 5.32 Å². The van der Waals surface area contributed by atoms with E-state index >= 15 is 0 Å². The zero-order chi connectivity index (χ0) is 22.0. The Morgan fingerprint density at radius 1 is 1.10 bits per heavy atom. The minimum Gasteiger partial charge on any atom is -0.420 e. The number of amides is 1. The van der Waals surface area contributed by atoms with Crippen molar-refractivity contribution in [2.75, 3.05) is 18.4 Å². The van der Waals surface area contributed by atoms with Crippen LogP contribution in [0, 0.1) is 6.92 Å². The SMILES string of the molecule is CC(=O)Nc1ccc(S(=O)(=O)N2CCC[C@H](c3nnc(-c4ccc(C)cc4)o3)C2)cc1. The monoisotopic (exact) mass is 440 g/mol. The number of aryl methyl sites for hydroxylation is 1. The van der Waals surface area contributed by atoms with Crippen LogP contribution >= 0.6 is 0 Å². The summed E-state index contributed by atoms with van der Waals surface area (Å²) in [6.07, 6.45) is 1.49. The second kappa shape index (κ2) is 8.60. The Labute approximate surface area is 181 Å². The number of piperidine rings is 1. The molecule has 162 valence electrons. The molecular formula is C22H24N4O4S. The average molecular weight is 441 g/mol. The van der Waals surface area contributed by atoms with Crippen molar-refractivity contribution in [3.63, 3.8) is 0 Å². The number of rotatable bonds is 5. The van der Waals surface area contributed by atoms with E-state index in [2.05, 4.69) is 15.5 Å². The molecule has 1 aromatic heterocycles. The van der Waals surface area contributed by atoms with Crippen LogP contribution in [-0.2, 0) is 14.8 Å². The fourth-order valence-electron chi connectivity index (χ4n) is 3.64. The zero-order valence-electron chi connectivity index (χ0n) is 17.4. The fourth-order valence-corrected chi connectivity index (χ4v) is 5.16. The van der Waals surface area contributed by atoms with Crippen molar-refractivity contribution in [1.82, 2.24) is 14.5 Å². The molecule has 31 heavy (non-hydrogen) atoms. The predicted molar refractivity (Wildman–Crippen MR) is 116 cm³/mol. The largest absolute Gasteiger partial charge is 0.420 e. The second-order valence-corrected chi connectivity index (χ2v) is 9.66. The lowest BCUT2D eigenvalue weighted by atomic mass is 10.00. The van der Waals surface area contributed by atoms with Crippen LogP contribution in [-0.4, -0.2) is 41.9 Å². The van der Waals surface area contributed by atoms with Gasteiger partial charge in [0.05, 0.1) is 10.8 Å². The summed E-state index contributed by atoms with van der Waals surface area (Å²) in [6, 6.07) is 14.0. The van der Waals surface area contributed by atoms with Crippen LogP contribution in [0.2, 0.25) is 0 Å². The Balaban J connectivity index is 1.50. The summed E-state index contributed by atoms with van der Waals surface area (Å²) >= 11 is 0. The summed E-state index contributed by atoms with van der Waals surface area (Å²) in [6.45, 7) is 4.13. The number of anilines is 1. The average Bonchev–Trinajstić information content (AvgIpc) is 3.25. The van der Waals surface area contributed by atoms with Gasteiger partial charge in [0, 0.05) is 31.3 Å². The lowest BCUT2D eigenvalue weighted by Crippen LogP contribution is -2.39. The first-order valence-corrected chi connectivity index (χ1v) is 11.6. The first-order valence-electron chi connectivity index (χ1n) is 10.1. The standard InChI is InChI=1S/C22H24N4O4S/c1-15-5-7-17(8-6-15)21-24-25-22(30-21)18-4-3-13-26(14-18)31(28,29)20-11-9-19(10-12-20)23-16(2)27/h5-12,18H,3-4,13-14H2,1-2H3,(H,23,27)/t18-/m0/s1. The van der Waals surface area contributed by atoms with Gasteiger partial charge in [0.2, 0.25) is 27.7 Å². The number of hydrogen-bond donors (Lipinski definition) is 1. The van der Waals surface area contributed by atoms with E-state index in [9.17, 15) is 13.2 Å². The van der Waals surface area contributed by atoms with E-state index in [0.717, 1.165) is 17.5 Å². The third-order valence-corrected chi connectivity index (χ3v) is 7.16. The Morgan fingerprint density at radius 3 is 2.48 bits per heavy atom. The van der Waals surface area contributed by atoms with Crippen molar-refractivity contribution in [2.24, 2.45) is 0 Å². The van der Waals surface area contributed by atoms with E-state index in [1.807, 2.05) is 31.2 Å². The molecule has 0 spiro atoms. The van der Waals surface area contributed by atoms with Crippen LogP contribution in [0.15, 0.2) is 57.8 Å². The van der Waals surface area contributed by atoms with Crippen LogP contribution in [0.3, 0.4) is 0 Å². The van der Waals surface area contributed by atoms with E-state index in [1.54, 1.807) is 12.1 Å². The highest BCUT2D eigenvalue weighted by Gasteiger charge is 2.33. The normalized spacial score (nSPS) is 17.4. The molecule has 1 N–H and O–H groups in total. The molecular weight excluding hydrogens is 416 g/mol. The lowest BCUT2D eigenvalue weighted by molar-refractivity contribution is -0.114. The molecule has 2 aromatic carbocycles. The molecule has 8 nitrogen and oxygen atoms in total. The molecule has 1 atom stereocenters. The minimum atomic E-state index is -3.67. The Kier molecular flexibility index (Phi) is 5.88. The van der Waals surface area contributed by atoms with E-state index in [-0.39, 0.29) is 23.3 Å². The summed E-state index contributed by atoms with van der Waals surface area (Å²) in [5.74, 6) is 0.521. The number of sulfonamides is 1. The van der Waals surface area contributed by atoms with Crippen LogP contribution in [0.1, 0.15) is 37.1 Å². The van der Waals surface area contributed by atoms with Crippen molar-refractivity contribution in [1.29, 1.82) is 0 Å². The highest BCUT2D eigenvalue weighted by molar-refractivity contribution is 7.89. The molecule has 4 rings (SSSR count). The van der Waals surface area contributed by atoms with Crippen LogP contribution in [0.25, 0.3) is 11.5 Å². The fraction of sp³-hybridized carbons (Fsp3) is 0.318. The van der Waals surface area contributed by atoms with Crippen LogP contribution in [0.5, 0.6) is 0 Å². The molecule has 1 amide bonds. The van der Waals surface area contributed by atoms with Crippen molar-refractivity contribution >= 4 is 21.6 Å². The summed E-state index contributed by atoms with van der Waals surface area (Å²) in [5.41, 5.74) is 2.53. The van der Waals surface area contributed by atoms with E-state index in [0.29, 0.717) is 30.4 Å². The molecule has 0 radical (unpaired) electrons. The van der Waals surface area contributed by atoms with Gasteiger partial charge in [0.25, 0.3) is 0 Å². The Bertz CT molecular complexity index is 1170. The first kappa shape index (κ1) is 21.2. The number of aromatic nitrogens is 2. The molecule has 1 saturated heterocycles. The molecule has 2 heterocycles. The van der Waals surface area contributed by atoms with Gasteiger partial charge in [-0.1, -0.05) is 17.7 Å². The summed E-state index contributed by atoms with van der Waals surface area (Å²) < 4.78 is 33.6. The molecule has 0 unspecified atom stereocenters. The van der Waals surface area contributed by atoms with Gasteiger partial charge in [-0.15, -0.1) is 10.2 Å². The molecule has 9 heteroatoms. The molecule has 0 saturated carbocycles. The van der Waals surface area contributed by atoms with E-state index in [1.165, 1.54) is 23.4 Å². The quantitative estimate of drug-likeness (QED) is 0.650. The highest BCUT2D eigenvalue weighted by Crippen LogP contribution is 2.31. The van der Waals surface area contributed by atoms with Crippen molar-refractivity contribution in [3.8, 4) is 11.5 Å². The van der Waals surface area contributed by atoms with Crippen LogP contribution in [0.4, 0.5) is 5.69 Å². The second-order valence-electron chi connectivity index (χ2n) is 7.72. The Hall–Kier alpha value is -3.04. The van der Waals surface area contributed by atoms with E-state index < -0.39 is 10.0 Å². The Morgan fingerprint density at radius 2 is 1.81 bits per heavy atom. The molecule has 1 fully saturated rings. The van der Waals surface area contributed by atoms with Gasteiger partial charge >= 0.3 is 0 Å². The number of nitrogens with zero attached hydrogens (tertiary/aromatic N) is 3. The minimum absolute atomic E-state index is 0.158. The topological polar surface area (TPSA) is 105 Å². The first-order chi connectivity index (χ1) is 14.8. The third-order valence-electron chi connectivity index (χ3n) is 5.28. The number of benzene rings is 2. The highest BCUT2D eigenvalue weighted by atomic mass is 32.2. The molecule has 0 aliphatic carbocycles. The van der Waals surface area contributed by atoms with Gasteiger partial charge in [-0.2, -0.15) is 4.31 Å². The molecule has 1 aliphatic rings. The van der Waals surface area contributed by atoms with Gasteiger partial charge in [-0.3, -0.25) is 4.79 Å². The van der Waals surface area contributed by atoms with Gasteiger partial charge in [0.15, 0.2) is 0 Å². The maximum absolute atomic E-state index is 13.1. The molecule has 0 bridgehead atoms. The smallest absolute Gasteiger partial charge is 0.247 e. The number of carbonyl (C=O) groups excluding carboxylic acids is 1. The predicted octanol–water partition coefficient (Wildman–Crippen LogP) is 3.57. The third kappa shape index (κ3) is 4.67. The van der Waals surface area contributed by atoms with E-state index in [4.69, 9.17) is 4.42 Å². The van der Waals surface area contributed by atoms with Gasteiger partial charge < -0.3 is 9.73 Å². The number of carbonyl (C=O) groups is 1. The number of hydrogen-bond acceptors (Lipinski definition) is 6. The van der Waals surface area contributed by atoms with Crippen molar-refractivity contribution in [2.45, 2.75) is 37.5 Å². The number of nitrogens with one attached hydrogen (secondary N) is 1. The summed E-state index contributed by atoms with van der Waals surface area (Å²) in [7, 11) is -3.67. The van der Waals surface area contributed by atoms with Gasteiger partial charge in [0.1, 0.15) is 0 Å². The summed E-state index contributed by atoms with van der Waals surface area (Å²) in [4.78, 5) is 11.4. The van der Waals surface area contributed by atoms with Gasteiger partial charge in [-0.05, 0) is 56.2 Å². The zero-order valence-corrected chi connectivity index (χ0v) is 18.2. The van der Waals surface area contributed by atoms with Crippen molar-refractivity contribution in [3.05, 3.63) is 60.0 Å². The van der Waals surface area contributed by atoms with Gasteiger partial charge in [-0.25, -0.2) is 8.42 Å². The molecule has 3 aromatic rings. The summed E-state index contributed by atoms with van der Waals surface area (Å²) in [5, 5.41) is 11.0. The maximum atomic E-state index is 13.1. The van der Waals surface area contributed by atoms with Crippen molar-refractivity contribution < 1.29 is 17.6 Å². The lowest BCUT2D eigenvalue weighted by Gasteiger charge is -2.30. The maximum Gasteiger partial charge on any atom is 0.247 e.